The molecule has 1 fully saturated rings. The van der Waals surface area contributed by atoms with Crippen molar-refractivity contribution in [3.8, 4) is 11.5 Å². The van der Waals surface area contributed by atoms with Gasteiger partial charge in [0.05, 0.1) is 5.56 Å². The van der Waals surface area contributed by atoms with E-state index in [1.807, 2.05) is 18.7 Å². The van der Waals surface area contributed by atoms with Gasteiger partial charge >= 0.3 is 0 Å². The molecule has 1 aromatic rings. The number of thioether (sulfide) groups is 1. The largest absolute Gasteiger partial charge is 0.507 e. The molecule has 0 aromatic heterocycles. The molecular weight excluding hydrogens is 246 g/mol. The van der Waals surface area contributed by atoms with E-state index in [9.17, 15) is 10.2 Å². The lowest BCUT2D eigenvalue weighted by Gasteiger charge is -2.26. The summed E-state index contributed by atoms with van der Waals surface area (Å²) in [5.74, 6) is 1.53. The average Bonchev–Trinajstić information content (AvgIpc) is 2.74. The average molecular weight is 267 g/mol. The van der Waals surface area contributed by atoms with Crippen LogP contribution in [-0.4, -0.2) is 27.3 Å². The minimum atomic E-state index is -0.0516. The van der Waals surface area contributed by atoms with E-state index in [2.05, 4.69) is 12.2 Å². The Morgan fingerprint density at radius 3 is 2.61 bits per heavy atom. The van der Waals surface area contributed by atoms with Gasteiger partial charge in [-0.2, -0.15) is 11.8 Å². The molecule has 0 aliphatic carbocycles. The summed E-state index contributed by atoms with van der Waals surface area (Å²) in [5.41, 5.74) is 0.587. The van der Waals surface area contributed by atoms with E-state index in [0.29, 0.717) is 5.56 Å². The van der Waals surface area contributed by atoms with Crippen LogP contribution in [0.5, 0.6) is 11.5 Å². The quantitative estimate of drug-likeness (QED) is 0.785. The summed E-state index contributed by atoms with van der Waals surface area (Å²) in [5, 5.41) is 23.0. The summed E-state index contributed by atoms with van der Waals surface area (Å²) < 4.78 is 0.286. The second-order valence-corrected chi connectivity index (χ2v) is 6.90. The van der Waals surface area contributed by atoms with Crippen molar-refractivity contribution in [1.82, 2.24) is 5.32 Å². The number of hydrogen-bond donors (Lipinski definition) is 3. The Labute approximate surface area is 113 Å². The first-order valence-electron chi connectivity index (χ1n) is 6.40. The van der Waals surface area contributed by atoms with E-state index in [1.54, 1.807) is 18.2 Å². The van der Waals surface area contributed by atoms with Gasteiger partial charge in [0.15, 0.2) is 0 Å². The molecule has 1 saturated heterocycles. The SMILES string of the molecule is CC(NCC1(C)CCCS1)c1c(O)cccc1O. The molecule has 100 valence electrons. The van der Waals surface area contributed by atoms with Gasteiger partial charge in [-0.05, 0) is 44.6 Å². The Kier molecular flexibility index (Phi) is 4.07. The van der Waals surface area contributed by atoms with Gasteiger partial charge < -0.3 is 15.5 Å². The van der Waals surface area contributed by atoms with E-state index in [4.69, 9.17) is 0 Å². The number of aromatic hydroxyl groups is 2. The monoisotopic (exact) mass is 267 g/mol. The fourth-order valence-corrected chi connectivity index (χ4v) is 3.69. The minimum absolute atomic E-state index is 0.0516. The molecule has 0 spiro atoms. The van der Waals surface area contributed by atoms with E-state index >= 15 is 0 Å². The van der Waals surface area contributed by atoms with Crippen LogP contribution in [0.25, 0.3) is 0 Å². The van der Waals surface area contributed by atoms with Crippen LogP contribution in [0.1, 0.15) is 38.3 Å². The normalized spacial score (nSPS) is 25.2. The van der Waals surface area contributed by atoms with Gasteiger partial charge in [-0.25, -0.2) is 0 Å². The van der Waals surface area contributed by atoms with E-state index in [0.717, 1.165) is 6.54 Å². The zero-order valence-electron chi connectivity index (χ0n) is 10.9. The van der Waals surface area contributed by atoms with Crippen molar-refractivity contribution < 1.29 is 10.2 Å². The van der Waals surface area contributed by atoms with Crippen LogP contribution in [0.2, 0.25) is 0 Å². The Morgan fingerprint density at radius 2 is 2.06 bits per heavy atom. The summed E-state index contributed by atoms with van der Waals surface area (Å²) in [6.45, 7) is 5.14. The molecule has 0 bridgehead atoms. The third-order valence-electron chi connectivity index (χ3n) is 3.58. The summed E-state index contributed by atoms with van der Waals surface area (Å²) in [7, 11) is 0. The van der Waals surface area contributed by atoms with Crippen LogP contribution < -0.4 is 5.32 Å². The van der Waals surface area contributed by atoms with Crippen molar-refractivity contribution >= 4 is 11.8 Å². The number of benzene rings is 1. The van der Waals surface area contributed by atoms with Gasteiger partial charge in [0.25, 0.3) is 0 Å². The molecule has 3 N–H and O–H groups in total. The second-order valence-electron chi connectivity index (χ2n) is 5.21. The van der Waals surface area contributed by atoms with Crippen molar-refractivity contribution in [2.75, 3.05) is 12.3 Å². The van der Waals surface area contributed by atoms with Gasteiger partial charge in [-0.3, -0.25) is 0 Å². The number of phenolic OH excluding ortho intramolecular Hbond substituents is 2. The molecular formula is C14H21NO2S. The van der Waals surface area contributed by atoms with Crippen LogP contribution >= 0.6 is 11.8 Å². The van der Waals surface area contributed by atoms with Crippen molar-refractivity contribution in [2.24, 2.45) is 0 Å². The fourth-order valence-electron chi connectivity index (χ4n) is 2.43. The first kappa shape index (κ1) is 13.6. The molecule has 1 aliphatic heterocycles. The molecule has 1 aliphatic rings. The summed E-state index contributed by atoms with van der Waals surface area (Å²) in [4.78, 5) is 0. The zero-order valence-corrected chi connectivity index (χ0v) is 11.8. The van der Waals surface area contributed by atoms with E-state index in [1.165, 1.54) is 18.6 Å². The third kappa shape index (κ3) is 2.93. The standard InChI is InChI=1S/C14H21NO2S/c1-10(13-11(16)5-3-6-12(13)17)15-9-14(2)7-4-8-18-14/h3,5-6,10,15-17H,4,7-9H2,1-2H3. The fraction of sp³-hybridized carbons (Fsp3) is 0.571. The Balaban J connectivity index is 2.01. The molecule has 4 heteroatoms. The van der Waals surface area contributed by atoms with Crippen LogP contribution in [0.15, 0.2) is 18.2 Å². The molecule has 2 rings (SSSR count). The van der Waals surface area contributed by atoms with Gasteiger partial charge in [0, 0.05) is 17.3 Å². The maximum Gasteiger partial charge on any atom is 0.124 e. The first-order chi connectivity index (χ1) is 8.52. The lowest BCUT2D eigenvalue weighted by molar-refractivity contribution is 0.411. The van der Waals surface area contributed by atoms with Crippen molar-refractivity contribution in [3.05, 3.63) is 23.8 Å². The lowest BCUT2D eigenvalue weighted by Crippen LogP contribution is -2.34. The minimum Gasteiger partial charge on any atom is -0.507 e. The van der Waals surface area contributed by atoms with Gasteiger partial charge in [0.1, 0.15) is 11.5 Å². The zero-order chi connectivity index (χ0) is 13.2. The Morgan fingerprint density at radius 1 is 1.39 bits per heavy atom. The van der Waals surface area contributed by atoms with Gasteiger partial charge in [-0.1, -0.05) is 6.07 Å². The molecule has 0 radical (unpaired) electrons. The van der Waals surface area contributed by atoms with Crippen molar-refractivity contribution in [3.63, 3.8) is 0 Å². The van der Waals surface area contributed by atoms with E-state index < -0.39 is 0 Å². The number of nitrogens with one attached hydrogen (secondary N) is 1. The maximum absolute atomic E-state index is 9.81. The molecule has 2 atom stereocenters. The van der Waals surface area contributed by atoms with Crippen LogP contribution in [0.4, 0.5) is 0 Å². The lowest BCUT2D eigenvalue weighted by atomic mass is 10.0. The number of phenols is 2. The van der Waals surface area contributed by atoms with Crippen LogP contribution in [-0.2, 0) is 0 Å². The topological polar surface area (TPSA) is 52.5 Å². The van der Waals surface area contributed by atoms with Crippen molar-refractivity contribution in [2.45, 2.75) is 37.5 Å². The third-order valence-corrected chi connectivity index (χ3v) is 5.11. The molecule has 2 unspecified atom stereocenters. The number of hydrogen-bond acceptors (Lipinski definition) is 4. The second kappa shape index (κ2) is 5.41. The Hall–Kier alpha value is -0.870. The Bertz CT molecular complexity index is 396. The highest BCUT2D eigenvalue weighted by Gasteiger charge is 2.30. The van der Waals surface area contributed by atoms with Crippen LogP contribution in [0, 0.1) is 0 Å². The number of rotatable bonds is 4. The van der Waals surface area contributed by atoms with E-state index in [-0.39, 0.29) is 22.3 Å². The molecule has 18 heavy (non-hydrogen) atoms. The predicted molar refractivity (Wildman–Crippen MR) is 76.3 cm³/mol. The molecule has 1 aromatic carbocycles. The first-order valence-corrected chi connectivity index (χ1v) is 7.38. The summed E-state index contributed by atoms with van der Waals surface area (Å²) >= 11 is 2.00. The molecule has 1 heterocycles. The maximum atomic E-state index is 9.81. The van der Waals surface area contributed by atoms with Gasteiger partial charge in [0.2, 0.25) is 0 Å². The summed E-state index contributed by atoms with van der Waals surface area (Å²) in [6.07, 6.45) is 2.50. The van der Waals surface area contributed by atoms with Gasteiger partial charge in [-0.15, -0.1) is 0 Å². The predicted octanol–water partition coefficient (Wildman–Crippen LogP) is 3.03. The highest BCUT2D eigenvalue weighted by Crippen LogP contribution is 2.38. The highest BCUT2D eigenvalue weighted by atomic mass is 32.2. The van der Waals surface area contributed by atoms with Crippen LogP contribution in [0.3, 0.4) is 0 Å². The molecule has 3 nitrogen and oxygen atoms in total. The highest BCUT2D eigenvalue weighted by molar-refractivity contribution is 8.00. The van der Waals surface area contributed by atoms with Crippen molar-refractivity contribution in [1.29, 1.82) is 0 Å². The molecule has 0 saturated carbocycles. The molecule has 0 amide bonds. The summed E-state index contributed by atoms with van der Waals surface area (Å²) in [6, 6.07) is 4.82. The smallest absolute Gasteiger partial charge is 0.124 e.